The molecule has 0 aliphatic rings. The molecule has 0 spiro atoms. The Morgan fingerprint density at radius 2 is 2.05 bits per heavy atom. The van der Waals surface area contributed by atoms with Gasteiger partial charge in [0.25, 0.3) is 0 Å². The van der Waals surface area contributed by atoms with Gasteiger partial charge in [0.05, 0.1) is 11.2 Å². The van der Waals surface area contributed by atoms with Gasteiger partial charge in [0.2, 0.25) is 0 Å². The van der Waals surface area contributed by atoms with Gasteiger partial charge in [0, 0.05) is 5.39 Å². The number of anilines is 1. The number of pyridine rings is 1. The summed E-state index contributed by atoms with van der Waals surface area (Å²) in [6, 6.07) is 5.64. The Bertz CT molecular complexity index is 665. The molecule has 0 aliphatic heterocycles. The fraction of sp³-hybridized carbons (Fsp3) is 0.412. The van der Waals surface area contributed by atoms with E-state index in [9.17, 15) is 9.90 Å². The van der Waals surface area contributed by atoms with Gasteiger partial charge >= 0.3 is 5.97 Å². The van der Waals surface area contributed by atoms with Gasteiger partial charge in [-0.1, -0.05) is 38.3 Å². The van der Waals surface area contributed by atoms with Gasteiger partial charge in [0.1, 0.15) is 0 Å². The minimum absolute atomic E-state index is 0.117. The van der Waals surface area contributed by atoms with E-state index in [0.717, 1.165) is 35.8 Å². The summed E-state index contributed by atoms with van der Waals surface area (Å²) < 4.78 is 0. The topological polar surface area (TPSA) is 76.2 Å². The van der Waals surface area contributed by atoms with Gasteiger partial charge in [-0.2, -0.15) is 0 Å². The minimum Gasteiger partial charge on any atom is -0.477 e. The SMILES string of the molecule is CCCCCCc1c(C)c(C(=O)O)nc2c(N)cccc12. The first-order valence-electron chi connectivity index (χ1n) is 7.47. The number of benzene rings is 1. The Morgan fingerprint density at radius 3 is 2.71 bits per heavy atom. The van der Waals surface area contributed by atoms with Crippen LogP contribution in [-0.2, 0) is 6.42 Å². The molecule has 2 aromatic rings. The maximum absolute atomic E-state index is 11.4. The number of carboxylic acids is 1. The standard InChI is InChI=1S/C17H22N2O2/c1-3-4-5-6-8-12-11(2)15(17(20)21)19-16-13(12)9-7-10-14(16)18/h7,9-10H,3-6,8,18H2,1-2H3,(H,20,21). The highest BCUT2D eigenvalue weighted by molar-refractivity contribution is 5.97. The maximum Gasteiger partial charge on any atom is 0.354 e. The number of aryl methyl sites for hydroxylation is 1. The molecule has 0 radical (unpaired) electrons. The zero-order chi connectivity index (χ0) is 15.4. The number of hydrogen-bond donors (Lipinski definition) is 2. The number of aromatic nitrogens is 1. The van der Waals surface area contributed by atoms with Crippen LogP contribution in [0.25, 0.3) is 10.9 Å². The average Bonchev–Trinajstić information content (AvgIpc) is 2.45. The monoisotopic (exact) mass is 286 g/mol. The Labute approximate surface area is 125 Å². The third-order valence-electron chi connectivity index (χ3n) is 3.91. The number of aromatic carboxylic acids is 1. The predicted molar refractivity (Wildman–Crippen MR) is 85.7 cm³/mol. The van der Waals surface area contributed by atoms with Gasteiger partial charge in [-0.3, -0.25) is 0 Å². The molecule has 1 aromatic heterocycles. The van der Waals surface area contributed by atoms with Crippen LogP contribution in [0.1, 0.15) is 54.2 Å². The smallest absolute Gasteiger partial charge is 0.354 e. The highest BCUT2D eigenvalue weighted by atomic mass is 16.4. The van der Waals surface area contributed by atoms with Crippen molar-refractivity contribution >= 4 is 22.6 Å². The third-order valence-corrected chi connectivity index (χ3v) is 3.91. The maximum atomic E-state index is 11.4. The van der Waals surface area contributed by atoms with Crippen LogP contribution in [0.2, 0.25) is 0 Å². The van der Waals surface area contributed by atoms with E-state index in [0.29, 0.717) is 11.2 Å². The van der Waals surface area contributed by atoms with E-state index >= 15 is 0 Å². The minimum atomic E-state index is -0.993. The molecule has 1 heterocycles. The Morgan fingerprint density at radius 1 is 1.29 bits per heavy atom. The molecule has 112 valence electrons. The van der Waals surface area contributed by atoms with Crippen molar-refractivity contribution in [1.29, 1.82) is 0 Å². The molecule has 0 saturated carbocycles. The molecule has 0 saturated heterocycles. The van der Waals surface area contributed by atoms with E-state index in [2.05, 4.69) is 11.9 Å². The highest BCUT2D eigenvalue weighted by Gasteiger charge is 2.17. The second-order valence-electron chi connectivity index (χ2n) is 5.42. The van der Waals surface area contributed by atoms with Crippen LogP contribution in [0.15, 0.2) is 18.2 Å². The Hall–Kier alpha value is -2.10. The van der Waals surface area contributed by atoms with Crippen LogP contribution in [0.5, 0.6) is 0 Å². The van der Waals surface area contributed by atoms with E-state index in [-0.39, 0.29) is 5.69 Å². The number of nitrogens with zero attached hydrogens (tertiary/aromatic N) is 1. The summed E-state index contributed by atoms with van der Waals surface area (Å²) in [7, 11) is 0. The molecular formula is C17H22N2O2. The summed E-state index contributed by atoms with van der Waals surface area (Å²) >= 11 is 0. The van der Waals surface area contributed by atoms with Crippen molar-refractivity contribution in [3.8, 4) is 0 Å². The number of unbranched alkanes of at least 4 members (excludes halogenated alkanes) is 3. The first-order chi connectivity index (χ1) is 10.1. The van der Waals surface area contributed by atoms with Gasteiger partial charge in [-0.05, 0) is 37.0 Å². The molecule has 4 nitrogen and oxygen atoms in total. The average molecular weight is 286 g/mol. The quantitative estimate of drug-likeness (QED) is 0.622. The van der Waals surface area contributed by atoms with E-state index in [1.165, 1.54) is 12.8 Å². The lowest BCUT2D eigenvalue weighted by Gasteiger charge is -2.13. The summed E-state index contributed by atoms with van der Waals surface area (Å²) in [4.78, 5) is 15.7. The van der Waals surface area contributed by atoms with E-state index in [4.69, 9.17) is 5.73 Å². The number of rotatable bonds is 6. The van der Waals surface area contributed by atoms with Crippen LogP contribution in [0, 0.1) is 6.92 Å². The number of fused-ring (bicyclic) bond motifs is 1. The molecule has 0 atom stereocenters. The van der Waals surface area contributed by atoms with Crippen molar-refractivity contribution in [2.24, 2.45) is 0 Å². The van der Waals surface area contributed by atoms with Crippen LogP contribution in [0.4, 0.5) is 5.69 Å². The molecule has 2 rings (SSSR count). The van der Waals surface area contributed by atoms with Crippen LogP contribution < -0.4 is 5.73 Å². The van der Waals surface area contributed by atoms with Gasteiger partial charge in [-0.15, -0.1) is 0 Å². The molecule has 0 fully saturated rings. The lowest BCUT2D eigenvalue weighted by Crippen LogP contribution is -2.08. The van der Waals surface area contributed by atoms with Crippen molar-refractivity contribution in [1.82, 2.24) is 4.98 Å². The molecule has 3 N–H and O–H groups in total. The number of para-hydroxylation sites is 1. The van der Waals surface area contributed by atoms with Crippen molar-refractivity contribution < 1.29 is 9.90 Å². The molecule has 4 heteroatoms. The first kappa shape index (κ1) is 15.3. The summed E-state index contributed by atoms with van der Waals surface area (Å²) in [5.41, 5.74) is 9.05. The highest BCUT2D eigenvalue weighted by Crippen LogP contribution is 2.28. The zero-order valence-electron chi connectivity index (χ0n) is 12.6. The van der Waals surface area contributed by atoms with Crippen molar-refractivity contribution in [2.75, 3.05) is 5.73 Å². The van der Waals surface area contributed by atoms with Gasteiger partial charge < -0.3 is 10.8 Å². The van der Waals surface area contributed by atoms with Crippen molar-refractivity contribution in [3.05, 3.63) is 35.0 Å². The Balaban J connectivity index is 2.51. The van der Waals surface area contributed by atoms with Gasteiger partial charge in [0.15, 0.2) is 5.69 Å². The molecule has 0 unspecified atom stereocenters. The van der Waals surface area contributed by atoms with Gasteiger partial charge in [-0.25, -0.2) is 9.78 Å². The Kier molecular flexibility index (Phi) is 4.78. The lowest BCUT2D eigenvalue weighted by molar-refractivity contribution is 0.0690. The van der Waals surface area contributed by atoms with E-state index in [1.807, 2.05) is 19.1 Å². The molecule has 21 heavy (non-hydrogen) atoms. The summed E-state index contributed by atoms with van der Waals surface area (Å²) in [5.74, 6) is -0.993. The van der Waals surface area contributed by atoms with Crippen LogP contribution >= 0.6 is 0 Å². The van der Waals surface area contributed by atoms with E-state index in [1.54, 1.807) is 6.07 Å². The predicted octanol–water partition coefficient (Wildman–Crippen LogP) is 3.95. The van der Waals surface area contributed by atoms with E-state index < -0.39 is 5.97 Å². The second-order valence-corrected chi connectivity index (χ2v) is 5.42. The second kappa shape index (κ2) is 6.57. The largest absolute Gasteiger partial charge is 0.477 e. The summed E-state index contributed by atoms with van der Waals surface area (Å²) in [5, 5.41) is 10.3. The molecule has 0 bridgehead atoms. The third kappa shape index (κ3) is 3.15. The molecule has 1 aromatic carbocycles. The lowest BCUT2D eigenvalue weighted by atomic mass is 9.95. The molecule has 0 aliphatic carbocycles. The summed E-state index contributed by atoms with van der Waals surface area (Å²) in [6.07, 6.45) is 5.47. The number of nitrogen functional groups attached to an aromatic ring is 1. The fourth-order valence-corrected chi connectivity index (χ4v) is 2.73. The number of carboxylic acid groups (broad SMARTS) is 1. The number of carbonyl (C=O) groups is 1. The first-order valence-corrected chi connectivity index (χ1v) is 7.47. The fourth-order valence-electron chi connectivity index (χ4n) is 2.73. The molecular weight excluding hydrogens is 264 g/mol. The van der Waals surface area contributed by atoms with Crippen molar-refractivity contribution in [3.63, 3.8) is 0 Å². The van der Waals surface area contributed by atoms with Crippen molar-refractivity contribution in [2.45, 2.75) is 46.0 Å². The normalized spacial score (nSPS) is 11.0. The molecule has 0 amide bonds. The van der Waals surface area contributed by atoms with Crippen LogP contribution in [-0.4, -0.2) is 16.1 Å². The number of hydrogen-bond acceptors (Lipinski definition) is 3. The van der Waals surface area contributed by atoms with Crippen LogP contribution in [0.3, 0.4) is 0 Å². The number of nitrogens with two attached hydrogens (primary N) is 1. The summed E-state index contributed by atoms with van der Waals surface area (Å²) in [6.45, 7) is 4.02. The zero-order valence-corrected chi connectivity index (χ0v) is 12.6.